The minimum atomic E-state index is -5.07. The molecule has 3 aromatic rings. The number of carbonyl (C=O) groups excluding carboxylic acids is 1. The van der Waals surface area contributed by atoms with E-state index in [1.165, 1.54) is 24.4 Å². The molecular weight excluding hydrogens is 540 g/mol. The first-order chi connectivity index (χ1) is 17.2. The fourth-order valence-electron chi connectivity index (χ4n) is 3.11. The number of halogens is 4. The van der Waals surface area contributed by atoms with Crippen molar-refractivity contribution in [1.82, 2.24) is 9.13 Å². The Hall–Kier alpha value is -3.77. The first kappa shape index (κ1) is 29.5. The lowest BCUT2D eigenvalue weighted by Crippen LogP contribution is -2.41. The smallest absolute Gasteiger partial charge is 0.292 e. The van der Waals surface area contributed by atoms with Crippen molar-refractivity contribution in [2.75, 3.05) is 10.1 Å². The maximum atomic E-state index is 14.9. The highest BCUT2D eigenvalue weighted by molar-refractivity contribution is 7.93. The summed E-state index contributed by atoms with van der Waals surface area (Å²) in [7, 11) is -3.73. The minimum Gasteiger partial charge on any atom is -0.292 e. The third-order valence-corrected chi connectivity index (χ3v) is 7.32. The fourth-order valence-corrected chi connectivity index (χ4v) is 4.88. The predicted octanol–water partition coefficient (Wildman–Crippen LogP) is 3.65. The Morgan fingerprint density at radius 3 is 2.30 bits per heavy atom. The fraction of sp³-hybridized carbons (Fsp3) is 0.273. The van der Waals surface area contributed by atoms with Crippen LogP contribution in [0.15, 0.2) is 45.3 Å². The van der Waals surface area contributed by atoms with Crippen molar-refractivity contribution < 1.29 is 30.8 Å². The quantitative estimate of drug-likeness (QED) is 0.439. The molecule has 1 amide bonds. The average Bonchev–Trinajstić information content (AvgIpc) is 3.38. The van der Waals surface area contributed by atoms with Crippen LogP contribution in [0.1, 0.15) is 41.7 Å². The van der Waals surface area contributed by atoms with Gasteiger partial charge in [-0.25, -0.2) is 26.5 Å². The van der Waals surface area contributed by atoms with Gasteiger partial charge in [-0.3, -0.25) is 14.2 Å². The SMILES string of the molecule is CC.CCS(=O)(=O)N(C(=O)c1cccs1)c1cc(-n2c(=O)cc(C(F)(F)F)n(C)c2=O)c(F)cc1C#N. The molecule has 0 N–H and O–H groups in total. The summed E-state index contributed by atoms with van der Waals surface area (Å²) in [6, 6.07) is 5.44. The number of hydrogen-bond acceptors (Lipinski definition) is 7. The number of hydrogen-bond donors (Lipinski definition) is 0. The van der Waals surface area contributed by atoms with Crippen LogP contribution in [0.4, 0.5) is 23.2 Å². The molecule has 2 aromatic heterocycles. The molecule has 1 aromatic carbocycles. The van der Waals surface area contributed by atoms with Gasteiger partial charge in [-0.2, -0.15) is 18.4 Å². The Labute approximate surface area is 212 Å². The van der Waals surface area contributed by atoms with Crippen molar-refractivity contribution in [3.05, 3.63) is 78.5 Å². The number of carbonyl (C=O) groups is 1. The zero-order chi connectivity index (χ0) is 28.3. The molecule has 0 aliphatic carbocycles. The number of benzene rings is 1. The van der Waals surface area contributed by atoms with Gasteiger partial charge in [0.25, 0.3) is 11.5 Å². The Bertz CT molecular complexity index is 1590. The van der Waals surface area contributed by atoms with Crippen molar-refractivity contribution in [2.45, 2.75) is 26.9 Å². The van der Waals surface area contributed by atoms with Crippen LogP contribution in [-0.2, 0) is 23.2 Å². The van der Waals surface area contributed by atoms with Crippen molar-refractivity contribution in [3.63, 3.8) is 0 Å². The van der Waals surface area contributed by atoms with Gasteiger partial charge in [-0.1, -0.05) is 19.9 Å². The molecule has 0 bridgehead atoms. The summed E-state index contributed by atoms with van der Waals surface area (Å²) < 4.78 is 80.4. The van der Waals surface area contributed by atoms with Crippen LogP contribution in [-0.4, -0.2) is 29.2 Å². The number of thiophene rings is 1. The van der Waals surface area contributed by atoms with E-state index in [1.54, 1.807) is 6.07 Å². The van der Waals surface area contributed by atoms with Crippen LogP contribution >= 0.6 is 11.3 Å². The second-order valence-electron chi connectivity index (χ2n) is 6.92. The van der Waals surface area contributed by atoms with Crippen molar-refractivity contribution in [3.8, 4) is 11.8 Å². The molecule has 9 nitrogen and oxygen atoms in total. The highest BCUT2D eigenvalue weighted by Crippen LogP contribution is 2.31. The molecule has 2 heterocycles. The summed E-state index contributed by atoms with van der Waals surface area (Å²) in [5.74, 6) is -3.10. The van der Waals surface area contributed by atoms with E-state index >= 15 is 0 Å². The van der Waals surface area contributed by atoms with Crippen LogP contribution < -0.4 is 15.6 Å². The summed E-state index contributed by atoms with van der Waals surface area (Å²) in [6.45, 7) is 5.20. The monoisotopic (exact) mass is 560 g/mol. The van der Waals surface area contributed by atoms with E-state index in [-0.39, 0.29) is 24.4 Å². The van der Waals surface area contributed by atoms with Gasteiger partial charge in [0.15, 0.2) is 0 Å². The molecule has 0 spiro atoms. The number of rotatable bonds is 5. The van der Waals surface area contributed by atoms with Gasteiger partial charge in [0, 0.05) is 13.1 Å². The number of amides is 1. The molecule has 0 aliphatic rings. The summed E-state index contributed by atoms with van der Waals surface area (Å²) in [5, 5.41) is 11.0. The molecule has 0 unspecified atom stereocenters. The van der Waals surface area contributed by atoms with E-state index in [2.05, 4.69) is 0 Å². The number of anilines is 1. The Morgan fingerprint density at radius 2 is 1.81 bits per heavy atom. The highest BCUT2D eigenvalue weighted by atomic mass is 32.2. The zero-order valence-corrected chi connectivity index (χ0v) is 21.5. The second-order valence-corrected chi connectivity index (χ2v) is 9.98. The summed E-state index contributed by atoms with van der Waals surface area (Å²) in [4.78, 5) is 38.1. The Balaban J connectivity index is 0.00000235. The summed E-state index contributed by atoms with van der Waals surface area (Å²) >= 11 is 0.881. The van der Waals surface area contributed by atoms with Crippen LogP contribution in [0.2, 0.25) is 0 Å². The molecule has 0 saturated heterocycles. The molecule has 15 heteroatoms. The topological polar surface area (TPSA) is 122 Å². The van der Waals surface area contributed by atoms with E-state index in [4.69, 9.17) is 0 Å². The van der Waals surface area contributed by atoms with Gasteiger partial charge in [0.1, 0.15) is 17.6 Å². The van der Waals surface area contributed by atoms with Gasteiger partial charge in [-0.15, -0.1) is 11.3 Å². The number of sulfonamides is 1. The van der Waals surface area contributed by atoms with Crippen molar-refractivity contribution in [2.24, 2.45) is 7.05 Å². The van der Waals surface area contributed by atoms with E-state index in [1.807, 2.05) is 13.8 Å². The zero-order valence-electron chi connectivity index (χ0n) is 19.8. The Morgan fingerprint density at radius 1 is 1.19 bits per heavy atom. The molecule has 0 radical (unpaired) electrons. The summed E-state index contributed by atoms with van der Waals surface area (Å²) in [5.41, 5.74) is -7.02. The normalized spacial score (nSPS) is 11.3. The van der Waals surface area contributed by atoms with Crippen LogP contribution in [0, 0.1) is 17.1 Å². The predicted molar refractivity (Wildman–Crippen MR) is 129 cm³/mol. The van der Waals surface area contributed by atoms with E-state index in [9.17, 15) is 45.6 Å². The Kier molecular flexibility index (Phi) is 8.83. The molecule has 198 valence electrons. The van der Waals surface area contributed by atoms with Gasteiger partial charge >= 0.3 is 11.9 Å². The third kappa shape index (κ3) is 5.65. The van der Waals surface area contributed by atoms with Gasteiger partial charge in [-0.05, 0) is 30.5 Å². The molecule has 0 aliphatic heterocycles. The average molecular weight is 561 g/mol. The number of nitriles is 1. The third-order valence-electron chi connectivity index (χ3n) is 4.82. The summed E-state index contributed by atoms with van der Waals surface area (Å²) in [6.07, 6.45) is -5.07. The van der Waals surface area contributed by atoms with Crippen molar-refractivity contribution >= 4 is 33.0 Å². The van der Waals surface area contributed by atoms with Gasteiger partial charge < -0.3 is 0 Å². The lowest BCUT2D eigenvalue weighted by molar-refractivity contribution is -0.144. The number of alkyl halides is 3. The van der Waals surface area contributed by atoms with E-state index in [0.717, 1.165) is 11.3 Å². The largest absolute Gasteiger partial charge is 0.431 e. The lowest BCUT2D eigenvalue weighted by atomic mass is 10.1. The van der Waals surface area contributed by atoms with Crippen LogP contribution in [0.5, 0.6) is 0 Å². The molecule has 37 heavy (non-hydrogen) atoms. The molecule has 0 atom stereocenters. The lowest BCUT2D eigenvalue weighted by Gasteiger charge is -2.23. The first-order valence-electron chi connectivity index (χ1n) is 10.5. The minimum absolute atomic E-state index is 0.0432. The number of aromatic nitrogens is 2. The standard InChI is InChI=1S/C20H14F4N4O5S2.C2H6/c1-3-35(32,33)28(18(30)15-5-4-6-34-15)13-8-14(12(21)7-11(13)10-25)27-17(29)9-16(20(22,23)24)26(2)19(27)31;1-2/h4-9H,3H2,1-2H3;1-2H3. The van der Waals surface area contributed by atoms with E-state index in [0.29, 0.717) is 19.2 Å². The molecule has 3 rings (SSSR count). The highest BCUT2D eigenvalue weighted by Gasteiger charge is 2.36. The molecular formula is C22H20F4N4O5S2. The first-order valence-corrected chi connectivity index (χ1v) is 13.0. The van der Waals surface area contributed by atoms with Crippen molar-refractivity contribution in [1.29, 1.82) is 5.26 Å². The maximum Gasteiger partial charge on any atom is 0.431 e. The molecule has 0 saturated carbocycles. The van der Waals surface area contributed by atoms with Gasteiger partial charge in [0.05, 0.1) is 27.6 Å². The maximum absolute atomic E-state index is 14.9. The van der Waals surface area contributed by atoms with Gasteiger partial charge in [0.2, 0.25) is 10.0 Å². The van der Waals surface area contributed by atoms with E-state index < -0.39 is 67.6 Å². The van der Waals surface area contributed by atoms with Crippen LogP contribution in [0.25, 0.3) is 5.69 Å². The van der Waals surface area contributed by atoms with Crippen LogP contribution in [0.3, 0.4) is 0 Å². The molecule has 0 fully saturated rings. The number of nitrogens with zero attached hydrogens (tertiary/aromatic N) is 4. The second kappa shape index (κ2) is 11.1.